The van der Waals surface area contributed by atoms with Gasteiger partial charge in [0.25, 0.3) is 0 Å². The molecule has 0 amide bonds. The molecule has 0 saturated heterocycles. The Morgan fingerprint density at radius 1 is 0.535 bits per heavy atom. The standard InChI is InChI=1S/C37H20N4.C2H6/c38-21-22-15-17-24(18-16-22)36-37(40-30-12-4-3-11-29(30)39-36)41-31-13-5-9-26-27-20-19-23-7-1-2-8-25(23)33(27)28-10-6-14-32(41)35(28)34(26)31;1-2/h1-20H;1-2H3. The molecule has 9 rings (SSSR count). The first kappa shape index (κ1) is 25.0. The zero-order chi connectivity index (χ0) is 29.1. The second kappa shape index (κ2) is 9.65. The Kier molecular flexibility index (Phi) is 5.60. The molecule has 0 unspecified atom stereocenters. The van der Waals surface area contributed by atoms with Gasteiger partial charge in [-0.3, -0.25) is 4.57 Å². The van der Waals surface area contributed by atoms with Crippen LogP contribution in [0.15, 0.2) is 121 Å². The molecule has 9 aromatic rings. The van der Waals surface area contributed by atoms with Gasteiger partial charge in [-0.25, -0.2) is 9.97 Å². The van der Waals surface area contributed by atoms with Gasteiger partial charge in [0.2, 0.25) is 0 Å². The Labute approximate surface area is 248 Å². The van der Waals surface area contributed by atoms with Gasteiger partial charge >= 0.3 is 0 Å². The van der Waals surface area contributed by atoms with Gasteiger partial charge in [-0.2, -0.15) is 5.26 Å². The summed E-state index contributed by atoms with van der Waals surface area (Å²) in [4.78, 5) is 10.4. The van der Waals surface area contributed by atoms with Gasteiger partial charge in [-0.05, 0) is 68.7 Å². The Morgan fingerprint density at radius 2 is 1.14 bits per heavy atom. The van der Waals surface area contributed by atoms with Gasteiger partial charge in [-0.15, -0.1) is 0 Å². The fourth-order valence-corrected chi connectivity index (χ4v) is 6.60. The first-order chi connectivity index (χ1) is 21.3. The summed E-state index contributed by atoms with van der Waals surface area (Å²) < 4.78 is 2.28. The molecular formula is C39H26N4. The van der Waals surface area contributed by atoms with Crippen molar-refractivity contribution in [2.24, 2.45) is 0 Å². The van der Waals surface area contributed by atoms with Crippen molar-refractivity contribution in [3.05, 3.63) is 127 Å². The summed E-state index contributed by atoms with van der Waals surface area (Å²) >= 11 is 0. The van der Waals surface area contributed by atoms with Crippen LogP contribution in [0.3, 0.4) is 0 Å². The van der Waals surface area contributed by atoms with Crippen molar-refractivity contribution in [1.82, 2.24) is 14.5 Å². The van der Waals surface area contributed by atoms with E-state index in [0.717, 1.165) is 39.1 Å². The van der Waals surface area contributed by atoms with Crippen LogP contribution >= 0.6 is 0 Å². The van der Waals surface area contributed by atoms with Crippen LogP contribution in [0.5, 0.6) is 0 Å². The van der Waals surface area contributed by atoms with E-state index in [0.29, 0.717) is 5.56 Å². The number of para-hydroxylation sites is 2. The highest BCUT2D eigenvalue weighted by atomic mass is 15.1. The van der Waals surface area contributed by atoms with E-state index < -0.39 is 0 Å². The predicted octanol–water partition coefficient (Wildman–Crippen LogP) is 10.2. The highest BCUT2D eigenvalue weighted by Crippen LogP contribution is 2.46. The van der Waals surface area contributed by atoms with Crippen molar-refractivity contribution in [1.29, 1.82) is 5.26 Å². The van der Waals surface area contributed by atoms with E-state index in [1.165, 1.54) is 43.1 Å². The van der Waals surface area contributed by atoms with Crippen LogP contribution in [-0.2, 0) is 0 Å². The first-order valence-corrected chi connectivity index (χ1v) is 14.7. The molecule has 0 atom stereocenters. The van der Waals surface area contributed by atoms with Gasteiger partial charge in [0.1, 0.15) is 5.69 Å². The van der Waals surface area contributed by atoms with Crippen molar-refractivity contribution in [3.8, 4) is 23.1 Å². The molecule has 43 heavy (non-hydrogen) atoms. The molecule has 0 radical (unpaired) electrons. The predicted molar refractivity (Wildman–Crippen MR) is 179 cm³/mol. The number of fused-ring (bicyclic) bond motifs is 6. The molecule has 4 heteroatoms. The molecule has 202 valence electrons. The molecule has 0 spiro atoms. The van der Waals surface area contributed by atoms with Crippen molar-refractivity contribution in [3.63, 3.8) is 0 Å². The number of aromatic nitrogens is 3. The number of hydrogen-bond donors (Lipinski definition) is 0. The monoisotopic (exact) mass is 550 g/mol. The van der Waals surface area contributed by atoms with Crippen molar-refractivity contribution in [2.45, 2.75) is 13.8 Å². The molecule has 0 aliphatic rings. The van der Waals surface area contributed by atoms with Crippen LogP contribution in [0.1, 0.15) is 19.4 Å². The van der Waals surface area contributed by atoms with E-state index in [2.05, 4.69) is 83.4 Å². The maximum atomic E-state index is 9.40. The minimum absolute atomic E-state index is 0.617. The summed E-state index contributed by atoms with van der Waals surface area (Å²) in [6, 6.07) is 44.1. The van der Waals surface area contributed by atoms with Crippen molar-refractivity contribution < 1.29 is 0 Å². The highest BCUT2D eigenvalue weighted by Gasteiger charge is 2.23. The number of nitrogens with zero attached hydrogens (tertiary/aromatic N) is 4. The maximum Gasteiger partial charge on any atom is 0.165 e. The van der Waals surface area contributed by atoms with E-state index >= 15 is 0 Å². The smallest absolute Gasteiger partial charge is 0.165 e. The Balaban J connectivity index is 0.00000136. The van der Waals surface area contributed by atoms with E-state index in [1.54, 1.807) is 0 Å². The molecular weight excluding hydrogens is 524 g/mol. The molecule has 4 nitrogen and oxygen atoms in total. The number of hydrogen-bond acceptors (Lipinski definition) is 3. The zero-order valence-electron chi connectivity index (χ0n) is 23.8. The number of rotatable bonds is 2. The van der Waals surface area contributed by atoms with Gasteiger partial charge in [0.05, 0.1) is 33.7 Å². The molecule has 0 aliphatic carbocycles. The molecule has 7 aromatic carbocycles. The van der Waals surface area contributed by atoms with E-state index in [4.69, 9.17) is 9.97 Å². The average Bonchev–Trinajstić information content (AvgIpc) is 3.43. The summed E-state index contributed by atoms with van der Waals surface area (Å²) in [6.07, 6.45) is 0. The summed E-state index contributed by atoms with van der Waals surface area (Å²) in [6.45, 7) is 4.00. The lowest BCUT2D eigenvalue weighted by Crippen LogP contribution is -2.03. The van der Waals surface area contributed by atoms with E-state index in [1.807, 2.05) is 62.4 Å². The summed E-state index contributed by atoms with van der Waals surface area (Å²) in [5, 5.41) is 19.4. The van der Waals surface area contributed by atoms with Crippen LogP contribution in [0.4, 0.5) is 0 Å². The third kappa shape index (κ3) is 3.55. The average molecular weight is 551 g/mol. The lowest BCUT2D eigenvalue weighted by atomic mass is 9.91. The lowest BCUT2D eigenvalue weighted by molar-refractivity contribution is 1.08. The van der Waals surface area contributed by atoms with Crippen LogP contribution < -0.4 is 0 Å². The topological polar surface area (TPSA) is 54.5 Å². The van der Waals surface area contributed by atoms with Crippen LogP contribution in [-0.4, -0.2) is 14.5 Å². The third-order valence-electron chi connectivity index (χ3n) is 8.36. The van der Waals surface area contributed by atoms with E-state index in [9.17, 15) is 5.26 Å². The number of nitriles is 1. The van der Waals surface area contributed by atoms with Gasteiger partial charge in [0, 0.05) is 16.3 Å². The summed E-state index contributed by atoms with van der Waals surface area (Å²) in [5.41, 5.74) is 6.19. The maximum absolute atomic E-state index is 9.40. The van der Waals surface area contributed by atoms with Crippen molar-refractivity contribution in [2.75, 3.05) is 0 Å². The van der Waals surface area contributed by atoms with Gasteiger partial charge in [0.15, 0.2) is 5.82 Å². The summed E-state index contributed by atoms with van der Waals surface area (Å²) in [5.74, 6) is 0.776. The fraction of sp³-hybridized carbons (Fsp3) is 0.0513. The van der Waals surface area contributed by atoms with Crippen LogP contribution in [0, 0.1) is 11.3 Å². The minimum atomic E-state index is 0.617. The summed E-state index contributed by atoms with van der Waals surface area (Å²) in [7, 11) is 0. The first-order valence-electron chi connectivity index (χ1n) is 14.7. The SMILES string of the molecule is CC.N#Cc1ccc(-c2nc3ccccc3nc2-n2c3cccc4c5ccc6ccccc6c5c5cccc2c5c43)cc1. The Morgan fingerprint density at radius 3 is 1.88 bits per heavy atom. The molecule has 0 N–H and O–H groups in total. The second-order valence-corrected chi connectivity index (χ2v) is 10.5. The zero-order valence-corrected chi connectivity index (χ0v) is 23.8. The third-order valence-corrected chi connectivity index (χ3v) is 8.36. The molecule has 0 bridgehead atoms. The van der Waals surface area contributed by atoms with Crippen LogP contribution in [0.2, 0.25) is 0 Å². The molecule has 0 fully saturated rings. The number of benzene rings is 7. The quantitative estimate of drug-likeness (QED) is 0.201. The Hall–Kier alpha value is -5.79. The Bertz CT molecular complexity index is 2530. The lowest BCUT2D eigenvalue weighted by Gasteiger charge is -2.13. The van der Waals surface area contributed by atoms with Gasteiger partial charge in [-0.1, -0.05) is 98.8 Å². The largest absolute Gasteiger partial charge is 0.292 e. The highest BCUT2D eigenvalue weighted by molar-refractivity contribution is 6.37. The second-order valence-electron chi connectivity index (χ2n) is 10.5. The molecule has 0 saturated carbocycles. The van der Waals surface area contributed by atoms with E-state index in [-0.39, 0.29) is 0 Å². The molecule has 0 aliphatic heterocycles. The fourth-order valence-electron chi connectivity index (χ4n) is 6.60. The molecule has 2 heterocycles. The molecule has 2 aromatic heterocycles. The van der Waals surface area contributed by atoms with Gasteiger partial charge < -0.3 is 0 Å². The minimum Gasteiger partial charge on any atom is -0.292 e. The normalized spacial score (nSPS) is 11.5. The van der Waals surface area contributed by atoms with Crippen molar-refractivity contribution >= 4 is 65.2 Å². The van der Waals surface area contributed by atoms with Crippen LogP contribution in [0.25, 0.3) is 82.2 Å².